The van der Waals surface area contributed by atoms with E-state index in [1.54, 1.807) is 13.0 Å². The zero-order valence-corrected chi connectivity index (χ0v) is 17.9. The van der Waals surface area contributed by atoms with Crippen LogP contribution >= 0.6 is 11.6 Å². The van der Waals surface area contributed by atoms with Crippen LogP contribution in [0.4, 0.5) is 13.2 Å². The van der Waals surface area contributed by atoms with Gasteiger partial charge in [-0.05, 0) is 66.6 Å². The fourth-order valence-corrected chi connectivity index (χ4v) is 3.24. The number of rotatable bonds is 3. The van der Waals surface area contributed by atoms with Gasteiger partial charge in [0, 0.05) is 11.1 Å². The summed E-state index contributed by atoms with van der Waals surface area (Å²) in [6.45, 7) is 1.83. The zero-order valence-electron chi connectivity index (χ0n) is 17.1. The number of alkyl halides is 3. The molecule has 8 heteroatoms. The molecule has 0 saturated carbocycles. The largest absolute Gasteiger partial charge is 0.508 e. The first kappa shape index (κ1) is 23.7. The van der Waals surface area contributed by atoms with Crippen molar-refractivity contribution in [2.75, 3.05) is 6.61 Å². The van der Waals surface area contributed by atoms with Gasteiger partial charge in [-0.15, -0.1) is 0 Å². The lowest BCUT2D eigenvalue weighted by Gasteiger charge is -2.10. The number of phenols is 1. The van der Waals surface area contributed by atoms with Crippen LogP contribution in [0.1, 0.15) is 39.5 Å². The van der Waals surface area contributed by atoms with Crippen LogP contribution in [-0.2, 0) is 10.9 Å². The van der Waals surface area contributed by atoms with Crippen LogP contribution < -0.4 is 0 Å². The van der Waals surface area contributed by atoms with Gasteiger partial charge in [-0.25, -0.2) is 4.79 Å². The summed E-state index contributed by atoms with van der Waals surface area (Å²) < 4.78 is 45.1. The Hall–Kier alpha value is -3.94. The highest BCUT2D eigenvalue weighted by Gasteiger charge is 2.33. The number of halogens is 4. The number of ether oxygens (including phenoxy) is 1. The maximum absolute atomic E-state index is 13.4. The molecule has 166 valence electrons. The molecular weight excluding hydrogens is 455 g/mol. The van der Waals surface area contributed by atoms with E-state index in [4.69, 9.17) is 21.6 Å². The Bertz CT molecular complexity index is 1330. The Balaban J connectivity index is 2.18. The Kier molecular flexibility index (Phi) is 6.96. The molecule has 0 unspecified atom stereocenters. The Morgan fingerprint density at radius 1 is 1.03 bits per heavy atom. The summed E-state index contributed by atoms with van der Waals surface area (Å²) in [4.78, 5) is 12.2. The average molecular weight is 470 g/mol. The number of hydrogen-bond acceptors (Lipinski definition) is 4. The normalized spacial score (nSPS) is 10.7. The van der Waals surface area contributed by atoms with E-state index in [2.05, 4.69) is 11.8 Å². The molecule has 0 aliphatic carbocycles. The molecule has 1 N–H and O–H groups in total. The Morgan fingerprint density at radius 3 is 2.33 bits per heavy atom. The number of nitrogens with zero attached hydrogens (tertiary/aromatic N) is 1. The molecule has 4 nitrogen and oxygen atoms in total. The number of nitriles is 1. The van der Waals surface area contributed by atoms with Gasteiger partial charge in [-0.3, -0.25) is 0 Å². The van der Waals surface area contributed by atoms with Gasteiger partial charge in [0.1, 0.15) is 11.8 Å². The highest BCUT2D eigenvalue weighted by Crippen LogP contribution is 2.34. The van der Waals surface area contributed by atoms with Gasteiger partial charge in [-0.1, -0.05) is 29.5 Å². The van der Waals surface area contributed by atoms with Crippen molar-refractivity contribution in [1.82, 2.24) is 0 Å². The number of benzene rings is 3. The molecular formula is C25H15ClF3NO3. The van der Waals surface area contributed by atoms with Gasteiger partial charge < -0.3 is 9.84 Å². The molecule has 0 amide bonds. The monoisotopic (exact) mass is 469 g/mol. The SMILES string of the molecule is CCOC(=O)c1ccc(C#Cc2ccc(O)cc2C(F)(F)F)c(-c2ccc(C#N)c(Cl)c2)c1. The summed E-state index contributed by atoms with van der Waals surface area (Å²) in [6.07, 6.45) is -4.71. The van der Waals surface area contributed by atoms with Crippen molar-refractivity contribution >= 4 is 17.6 Å². The first-order valence-electron chi connectivity index (χ1n) is 9.57. The summed E-state index contributed by atoms with van der Waals surface area (Å²) in [5.74, 6) is 4.11. The number of aromatic hydroxyl groups is 1. The molecule has 3 aromatic rings. The highest BCUT2D eigenvalue weighted by molar-refractivity contribution is 6.32. The minimum Gasteiger partial charge on any atom is -0.508 e. The van der Waals surface area contributed by atoms with E-state index in [-0.39, 0.29) is 28.3 Å². The molecule has 0 heterocycles. The maximum atomic E-state index is 13.4. The molecule has 0 saturated heterocycles. The van der Waals surface area contributed by atoms with E-state index in [9.17, 15) is 23.1 Å². The van der Waals surface area contributed by atoms with Gasteiger partial charge in [0.25, 0.3) is 0 Å². The summed E-state index contributed by atoms with van der Waals surface area (Å²) in [6, 6.07) is 13.8. The third-order valence-corrected chi connectivity index (χ3v) is 4.88. The fourth-order valence-electron chi connectivity index (χ4n) is 3.02. The fraction of sp³-hybridized carbons (Fsp3) is 0.120. The molecule has 0 aliphatic heterocycles. The van der Waals surface area contributed by atoms with Crippen molar-refractivity contribution in [2.24, 2.45) is 0 Å². The molecule has 0 atom stereocenters. The van der Waals surface area contributed by atoms with Gasteiger partial charge in [0.15, 0.2) is 0 Å². The van der Waals surface area contributed by atoms with Gasteiger partial charge in [0.05, 0.1) is 28.3 Å². The molecule has 0 fully saturated rings. The average Bonchev–Trinajstić information content (AvgIpc) is 2.77. The number of carbonyl (C=O) groups excluding carboxylic acids is 1. The number of phenolic OH excluding ortho intramolecular Hbond substituents is 1. The highest BCUT2D eigenvalue weighted by atomic mass is 35.5. The van der Waals surface area contributed by atoms with Crippen molar-refractivity contribution < 1.29 is 27.8 Å². The van der Waals surface area contributed by atoms with Gasteiger partial charge in [0.2, 0.25) is 0 Å². The van der Waals surface area contributed by atoms with E-state index in [0.717, 1.165) is 12.1 Å². The number of esters is 1. The van der Waals surface area contributed by atoms with E-state index in [1.807, 2.05) is 6.07 Å². The van der Waals surface area contributed by atoms with E-state index in [1.165, 1.54) is 30.3 Å². The molecule has 3 rings (SSSR count). The lowest BCUT2D eigenvalue weighted by atomic mass is 9.96. The molecule has 0 bridgehead atoms. The second-order valence-corrected chi connectivity index (χ2v) is 7.17. The summed E-state index contributed by atoms with van der Waals surface area (Å²) in [5.41, 5.74) is 0.333. The quantitative estimate of drug-likeness (QED) is 0.367. The molecule has 0 radical (unpaired) electrons. The van der Waals surface area contributed by atoms with Crippen molar-refractivity contribution in [3.63, 3.8) is 0 Å². The second-order valence-electron chi connectivity index (χ2n) is 6.76. The first-order valence-corrected chi connectivity index (χ1v) is 9.95. The topological polar surface area (TPSA) is 70.3 Å². The summed E-state index contributed by atoms with van der Waals surface area (Å²) in [7, 11) is 0. The molecule has 3 aromatic carbocycles. The standard InChI is InChI=1S/C25H15ClF3NO3/c1-2-33-24(32)18-7-4-15(21(11-18)17-6-8-19(14-30)23(26)12-17)3-5-16-9-10-20(31)13-22(16)25(27,28)29/h4,6-13,31H,2H2,1H3. The van der Waals surface area contributed by atoms with Crippen LogP contribution in [-0.4, -0.2) is 17.7 Å². The van der Waals surface area contributed by atoms with Crippen LogP contribution in [0.2, 0.25) is 5.02 Å². The first-order chi connectivity index (χ1) is 15.6. The second kappa shape index (κ2) is 9.68. The van der Waals surface area contributed by atoms with Crippen LogP contribution in [0.25, 0.3) is 11.1 Å². The molecule has 0 spiro atoms. The lowest BCUT2D eigenvalue weighted by Crippen LogP contribution is -2.07. The van der Waals surface area contributed by atoms with Gasteiger partial charge >= 0.3 is 12.1 Å². The number of carbonyl (C=O) groups is 1. The lowest BCUT2D eigenvalue weighted by molar-refractivity contribution is -0.137. The van der Waals surface area contributed by atoms with Crippen LogP contribution in [0.3, 0.4) is 0 Å². The minimum absolute atomic E-state index is 0.166. The van der Waals surface area contributed by atoms with E-state index >= 15 is 0 Å². The van der Waals surface area contributed by atoms with E-state index < -0.39 is 23.5 Å². The van der Waals surface area contributed by atoms with Crippen LogP contribution in [0, 0.1) is 23.2 Å². The van der Waals surface area contributed by atoms with Crippen molar-refractivity contribution in [2.45, 2.75) is 13.1 Å². The van der Waals surface area contributed by atoms with Gasteiger partial charge in [-0.2, -0.15) is 18.4 Å². The van der Waals surface area contributed by atoms with E-state index in [0.29, 0.717) is 22.8 Å². The van der Waals surface area contributed by atoms with Crippen molar-refractivity contribution in [3.8, 4) is 34.8 Å². The number of hydrogen-bond donors (Lipinski definition) is 1. The molecule has 0 aliphatic rings. The summed E-state index contributed by atoms with van der Waals surface area (Å²) in [5, 5.41) is 18.7. The molecule has 33 heavy (non-hydrogen) atoms. The predicted molar refractivity (Wildman–Crippen MR) is 117 cm³/mol. The smallest absolute Gasteiger partial charge is 0.417 e. The van der Waals surface area contributed by atoms with Crippen molar-refractivity contribution in [3.05, 3.63) is 87.4 Å². The Labute approximate surface area is 192 Å². The van der Waals surface area contributed by atoms with Crippen molar-refractivity contribution in [1.29, 1.82) is 5.26 Å². The zero-order chi connectivity index (χ0) is 24.2. The third kappa shape index (κ3) is 5.46. The third-order valence-electron chi connectivity index (χ3n) is 4.57. The van der Waals surface area contributed by atoms with Crippen LogP contribution in [0.5, 0.6) is 5.75 Å². The Morgan fingerprint density at radius 2 is 1.70 bits per heavy atom. The van der Waals surface area contributed by atoms with Crippen LogP contribution in [0.15, 0.2) is 54.6 Å². The predicted octanol–water partition coefficient (Wildman–Crippen LogP) is 6.18. The minimum atomic E-state index is -4.71. The maximum Gasteiger partial charge on any atom is 0.417 e. The molecule has 0 aromatic heterocycles. The summed E-state index contributed by atoms with van der Waals surface area (Å²) >= 11 is 6.14.